The van der Waals surface area contributed by atoms with Crippen LogP contribution < -0.4 is 10.6 Å². The summed E-state index contributed by atoms with van der Waals surface area (Å²) in [4.78, 5) is 40.6. The molecule has 2 aromatic rings. The van der Waals surface area contributed by atoms with Crippen molar-refractivity contribution >= 4 is 51.3 Å². The highest BCUT2D eigenvalue weighted by molar-refractivity contribution is 9.10. The van der Waals surface area contributed by atoms with Gasteiger partial charge in [-0.15, -0.1) is 0 Å². The molecule has 0 aliphatic rings. The molecule has 0 aliphatic heterocycles. The molecule has 0 radical (unpaired) electrons. The van der Waals surface area contributed by atoms with Crippen molar-refractivity contribution in [2.75, 3.05) is 23.9 Å². The van der Waals surface area contributed by atoms with Gasteiger partial charge in [-0.05, 0) is 58.6 Å². The fraction of sp³-hybridized carbons (Fsp3) is 0.263. The van der Waals surface area contributed by atoms with E-state index in [9.17, 15) is 14.4 Å². The third kappa shape index (κ3) is 7.32. The Kier molecular flexibility index (Phi) is 8.96. The van der Waals surface area contributed by atoms with E-state index in [1.807, 2.05) is 6.26 Å². The molecule has 1 aromatic heterocycles. The number of rotatable bonds is 9. The van der Waals surface area contributed by atoms with Crippen LogP contribution in [0, 0.1) is 0 Å². The molecule has 2 N–H and O–H groups in total. The van der Waals surface area contributed by atoms with Crippen LogP contribution in [0.1, 0.15) is 16.8 Å². The smallest absolute Gasteiger partial charge is 0.329 e. The van der Waals surface area contributed by atoms with Crippen molar-refractivity contribution in [2.45, 2.75) is 12.5 Å². The van der Waals surface area contributed by atoms with Crippen molar-refractivity contribution in [2.24, 2.45) is 0 Å². The van der Waals surface area contributed by atoms with E-state index in [0.717, 1.165) is 4.47 Å². The van der Waals surface area contributed by atoms with Gasteiger partial charge >= 0.3 is 5.97 Å². The molecule has 0 spiro atoms. The van der Waals surface area contributed by atoms with Crippen LogP contribution in [-0.2, 0) is 14.3 Å². The number of aromatic nitrogens is 1. The molecular weight excluding hydrogens is 446 g/mol. The number of halogens is 1. The van der Waals surface area contributed by atoms with E-state index in [0.29, 0.717) is 23.6 Å². The summed E-state index contributed by atoms with van der Waals surface area (Å²) in [7, 11) is 0. The largest absolute Gasteiger partial charge is 0.454 e. The summed E-state index contributed by atoms with van der Waals surface area (Å²) in [5.41, 5.74) is 0.448. The third-order valence-electron chi connectivity index (χ3n) is 3.58. The zero-order valence-electron chi connectivity index (χ0n) is 15.2. The van der Waals surface area contributed by atoms with Gasteiger partial charge in [0.2, 0.25) is 0 Å². The second-order valence-corrected chi connectivity index (χ2v) is 7.59. The highest BCUT2D eigenvalue weighted by Gasteiger charge is 2.23. The number of pyridine rings is 1. The van der Waals surface area contributed by atoms with E-state index in [4.69, 9.17) is 4.74 Å². The lowest BCUT2D eigenvalue weighted by Crippen LogP contribution is -2.43. The molecule has 0 saturated heterocycles. The Hall–Kier alpha value is -2.39. The monoisotopic (exact) mass is 465 g/mol. The first-order chi connectivity index (χ1) is 13.5. The van der Waals surface area contributed by atoms with E-state index in [1.165, 1.54) is 0 Å². The average molecular weight is 466 g/mol. The molecule has 7 nitrogen and oxygen atoms in total. The van der Waals surface area contributed by atoms with Gasteiger partial charge in [-0.3, -0.25) is 9.59 Å². The molecule has 1 heterocycles. The quantitative estimate of drug-likeness (QED) is 0.552. The van der Waals surface area contributed by atoms with Gasteiger partial charge in [-0.2, -0.15) is 11.8 Å². The maximum absolute atomic E-state index is 12.4. The van der Waals surface area contributed by atoms with Crippen LogP contribution in [0.5, 0.6) is 0 Å². The molecule has 0 aliphatic carbocycles. The average Bonchev–Trinajstić information content (AvgIpc) is 2.71. The number of benzene rings is 1. The number of anilines is 1. The minimum atomic E-state index is -0.834. The van der Waals surface area contributed by atoms with Gasteiger partial charge in [-0.25, -0.2) is 9.78 Å². The molecule has 9 heteroatoms. The highest BCUT2D eigenvalue weighted by Crippen LogP contribution is 2.10. The maximum atomic E-state index is 12.4. The minimum Gasteiger partial charge on any atom is -0.454 e. The van der Waals surface area contributed by atoms with Gasteiger partial charge < -0.3 is 15.4 Å². The zero-order chi connectivity index (χ0) is 20.4. The number of nitrogens with one attached hydrogen (secondary N) is 2. The van der Waals surface area contributed by atoms with Gasteiger partial charge in [0.15, 0.2) is 6.61 Å². The molecule has 0 bridgehead atoms. The number of ether oxygens (including phenoxy) is 1. The van der Waals surface area contributed by atoms with Gasteiger partial charge in [0.1, 0.15) is 11.9 Å². The van der Waals surface area contributed by atoms with E-state index in [1.54, 1.807) is 60.4 Å². The molecule has 1 aromatic carbocycles. The predicted molar refractivity (Wildman–Crippen MR) is 112 cm³/mol. The summed E-state index contributed by atoms with van der Waals surface area (Å²) in [6, 6.07) is 11.1. The molecule has 148 valence electrons. The normalized spacial score (nSPS) is 11.4. The Morgan fingerprint density at radius 2 is 1.93 bits per heavy atom. The summed E-state index contributed by atoms with van der Waals surface area (Å²) in [5, 5.41) is 5.21. The number of nitrogens with zero attached hydrogens (tertiary/aromatic N) is 1. The Labute approximate surface area is 175 Å². The highest BCUT2D eigenvalue weighted by atomic mass is 79.9. The first-order valence-corrected chi connectivity index (χ1v) is 10.6. The number of carbonyl (C=O) groups is 3. The molecule has 1 atom stereocenters. The van der Waals surface area contributed by atoms with E-state index in [-0.39, 0.29) is 5.91 Å². The van der Waals surface area contributed by atoms with Crippen LogP contribution in [0.25, 0.3) is 0 Å². The Balaban J connectivity index is 1.89. The fourth-order valence-electron chi connectivity index (χ4n) is 2.18. The lowest BCUT2D eigenvalue weighted by atomic mass is 10.1. The Morgan fingerprint density at radius 3 is 2.57 bits per heavy atom. The van der Waals surface area contributed by atoms with Crippen molar-refractivity contribution in [1.29, 1.82) is 0 Å². The first-order valence-electron chi connectivity index (χ1n) is 8.42. The van der Waals surface area contributed by atoms with Gasteiger partial charge in [0, 0.05) is 16.2 Å². The minimum absolute atomic E-state index is 0.348. The summed E-state index contributed by atoms with van der Waals surface area (Å²) in [5.74, 6) is -0.532. The fourth-order valence-corrected chi connectivity index (χ4v) is 2.89. The van der Waals surface area contributed by atoms with Crippen LogP contribution in [0.3, 0.4) is 0 Å². The molecule has 2 amide bonds. The van der Waals surface area contributed by atoms with Crippen molar-refractivity contribution in [1.82, 2.24) is 10.3 Å². The first kappa shape index (κ1) is 21.9. The van der Waals surface area contributed by atoms with E-state index >= 15 is 0 Å². The molecular formula is C19H20BrN3O4S. The summed E-state index contributed by atoms with van der Waals surface area (Å²) >= 11 is 4.80. The Morgan fingerprint density at radius 1 is 1.18 bits per heavy atom. The molecule has 0 saturated carbocycles. The van der Waals surface area contributed by atoms with E-state index in [2.05, 4.69) is 31.5 Å². The maximum Gasteiger partial charge on any atom is 0.329 e. The third-order valence-corrected chi connectivity index (χ3v) is 4.69. The topological polar surface area (TPSA) is 97.4 Å². The second-order valence-electron chi connectivity index (χ2n) is 5.69. The summed E-state index contributed by atoms with van der Waals surface area (Å²) in [6.45, 7) is -0.465. The molecule has 0 unspecified atom stereocenters. The van der Waals surface area contributed by atoms with Crippen LogP contribution >= 0.6 is 27.7 Å². The van der Waals surface area contributed by atoms with Crippen molar-refractivity contribution in [3.05, 3.63) is 58.7 Å². The van der Waals surface area contributed by atoms with Crippen molar-refractivity contribution in [3.63, 3.8) is 0 Å². The van der Waals surface area contributed by atoms with Gasteiger partial charge in [-0.1, -0.05) is 18.2 Å². The van der Waals surface area contributed by atoms with E-state index < -0.39 is 24.5 Å². The zero-order valence-corrected chi connectivity index (χ0v) is 17.6. The molecule has 0 fully saturated rings. The molecule has 2 rings (SSSR count). The number of carbonyl (C=O) groups excluding carboxylic acids is 3. The predicted octanol–water partition coefficient (Wildman–Crippen LogP) is 2.88. The number of hydrogen-bond donors (Lipinski definition) is 2. The number of thioether (sulfide) groups is 1. The lowest BCUT2D eigenvalue weighted by molar-refractivity contribution is -0.149. The van der Waals surface area contributed by atoms with Crippen LogP contribution in [-0.4, -0.2) is 47.4 Å². The standard InChI is InChI=1S/C19H20BrN3O4S/c1-28-10-9-15(22-18(25)13-5-3-2-4-6-13)19(26)27-12-17(24)23-16-8-7-14(20)11-21-16/h2-8,11,15H,9-10,12H2,1H3,(H,22,25)(H,21,23,24)/t15-/m1/s1. The summed E-state index contributed by atoms with van der Waals surface area (Å²) < 4.78 is 5.86. The second kappa shape index (κ2) is 11.5. The summed E-state index contributed by atoms with van der Waals surface area (Å²) in [6.07, 6.45) is 3.84. The molecule has 28 heavy (non-hydrogen) atoms. The van der Waals surface area contributed by atoms with Crippen molar-refractivity contribution < 1.29 is 19.1 Å². The number of esters is 1. The van der Waals surface area contributed by atoms with Crippen LogP contribution in [0.15, 0.2) is 53.1 Å². The van der Waals surface area contributed by atoms with Gasteiger partial charge in [0.25, 0.3) is 11.8 Å². The Bertz CT molecular complexity index is 803. The van der Waals surface area contributed by atoms with Crippen LogP contribution in [0.4, 0.5) is 5.82 Å². The SMILES string of the molecule is CSCC[C@@H](NC(=O)c1ccccc1)C(=O)OCC(=O)Nc1ccc(Br)cn1. The van der Waals surface area contributed by atoms with Gasteiger partial charge in [0.05, 0.1) is 0 Å². The number of amides is 2. The van der Waals surface area contributed by atoms with Crippen molar-refractivity contribution in [3.8, 4) is 0 Å². The van der Waals surface area contributed by atoms with Crippen LogP contribution in [0.2, 0.25) is 0 Å². The number of hydrogen-bond acceptors (Lipinski definition) is 6. The lowest BCUT2D eigenvalue weighted by Gasteiger charge is -2.17.